The first-order valence-electron chi connectivity index (χ1n) is 5.91. The maximum absolute atomic E-state index is 12.3. The largest absolute Gasteiger partial charge is 0.478 e. The van der Waals surface area contributed by atoms with Crippen LogP contribution in [-0.2, 0) is 0 Å². The standard InChI is InChI=1S/C15H11NO5/c16-12-10(2-1-3-11(12)15(20)21)13(17)8-4-6-9(7-5-8)14(18)19/h1-7H,16H2,(H,18,19)(H,20,21). The molecule has 0 aliphatic rings. The molecule has 2 aromatic carbocycles. The fourth-order valence-corrected chi connectivity index (χ4v) is 1.87. The van der Waals surface area contributed by atoms with Gasteiger partial charge in [0, 0.05) is 11.1 Å². The summed E-state index contributed by atoms with van der Waals surface area (Å²) in [4.78, 5) is 34.1. The maximum Gasteiger partial charge on any atom is 0.337 e. The fourth-order valence-electron chi connectivity index (χ4n) is 1.87. The van der Waals surface area contributed by atoms with E-state index in [0.29, 0.717) is 0 Å². The van der Waals surface area contributed by atoms with E-state index in [4.69, 9.17) is 15.9 Å². The number of ketones is 1. The van der Waals surface area contributed by atoms with Crippen molar-refractivity contribution in [3.05, 3.63) is 64.7 Å². The highest BCUT2D eigenvalue weighted by molar-refractivity contribution is 6.14. The molecule has 6 nitrogen and oxygen atoms in total. The number of anilines is 1. The monoisotopic (exact) mass is 285 g/mol. The number of para-hydroxylation sites is 1. The molecule has 106 valence electrons. The maximum atomic E-state index is 12.3. The minimum Gasteiger partial charge on any atom is -0.478 e. The van der Waals surface area contributed by atoms with E-state index in [0.717, 1.165) is 0 Å². The number of carbonyl (C=O) groups is 3. The fraction of sp³-hybridized carbons (Fsp3) is 0. The number of hydrogen-bond donors (Lipinski definition) is 3. The van der Waals surface area contributed by atoms with E-state index in [1.165, 1.54) is 42.5 Å². The molecular weight excluding hydrogens is 274 g/mol. The second-order valence-electron chi connectivity index (χ2n) is 4.28. The van der Waals surface area contributed by atoms with Gasteiger partial charge in [0.25, 0.3) is 0 Å². The van der Waals surface area contributed by atoms with E-state index in [-0.39, 0.29) is 27.9 Å². The van der Waals surface area contributed by atoms with Gasteiger partial charge in [-0.2, -0.15) is 0 Å². The summed E-state index contributed by atoms with van der Waals surface area (Å²) >= 11 is 0. The zero-order valence-corrected chi connectivity index (χ0v) is 10.7. The van der Waals surface area contributed by atoms with Gasteiger partial charge in [-0.15, -0.1) is 0 Å². The number of benzene rings is 2. The van der Waals surface area contributed by atoms with Crippen LogP contribution in [-0.4, -0.2) is 27.9 Å². The number of nitrogen functional groups attached to an aromatic ring is 1. The minimum atomic E-state index is -1.22. The van der Waals surface area contributed by atoms with Gasteiger partial charge in [0.05, 0.1) is 16.8 Å². The smallest absolute Gasteiger partial charge is 0.337 e. The first-order valence-corrected chi connectivity index (χ1v) is 5.91. The van der Waals surface area contributed by atoms with E-state index >= 15 is 0 Å². The van der Waals surface area contributed by atoms with Crippen LogP contribution in [0.3, 0.4) is 0 Å². The first kappa shape index (κ1) is 14.3. The number of hydrogen-bond acceptors (Lipinski definition) is 4. The topological polar surface area (TPSA) is 118 Å². The zero-order chi connectivity index (χ0) is 15.6. The molecule has 0 heterocycles. The Balaban J connectivity index is 2.43. The van der Waals surface area contributed by atoms with Gasteiger partial charge in [0.15, 0.2) is 5.78 Å². The van der Waals surface area contributed by atoms with Gasteiger partial charge in [-0.3, -0.25) is 4.79 Å². The average molecular weight is 285 g/mol. The normalized spacial score (nSPS) is 10.1. The highest BCUT2D eigenvalue weighted by atomic mass is 16.4. The van der Waals surface area contributed by atoms with Crippen molar-refractivity contribution in [2.24, 2.45) is 0 Å². The van der Waals surface area contributed by atoms with Crippen LogP contribution >= 0.6 is 0 Å². The molecular formula is C15H11NO5. The Morgan fingerprint density at radius 2 is 1.29 bits per heavy atom. The highest BCUT2D eigenvalue weighted by Crippen LogP contribution is 2.21. The summed E-state index contributed by atoms with van der Waals surface area (Å²) < 4.78 is 0. The summed E-state index contributed by atoms with van der Waals surface area (Å²) in [5.41, 5.74) is 5.79. The third kappa shape index (κ3) is 2.74. The zero-order valence-electron chi connectivity index (χ0n) is 10.7. The van der Waals surface area contributed by atoms with Crippen LogP contribution in [0.25, 0.3) is 0 Å². The summed E-state index contributed by atoms with van der Waals surface area (Å²) in [7, 11) is 0. The number of carboxylic acids is 2. The quantitative estimate of drug-likeness (QED) is 0.583. The van der Waals surface area contributed by atoms with Crippen LogP contribution in [0.2, 0.25) is 0 Å². The molecule has 0 aliphatic carbocycles. The lowest BCUT2D eigenvalue weighted by atomic mass is 9.98. The van der Waals surface area contributed by atoms with Crippen LogP contribution in [0.5, 0.6) is 0 Å². The lowest BCUT2D eigenvalue weighted by Gasteiger charge is -2.07. The Kier molecular flexibility index (Phi) is 3.71. The SMILES string of the molecule is Nc1c(C(=O)O)cccc1C(=O)c1ccc(C(=O)O)cc1. The van der Waals surface area contributed by atoms with Gasteiger partial charge in [0.2, 0.25) is 0 Å². The molecule has 6 heteroatoms. The van der Waals surface area contributed by atoms with Crippen molar-refractivity contribution in [1.82, 2.24) is 0 Å². The first-order chi connectivity index (χ1) is 9.91. The molecule has 2 rings (SSSR count). The number of carbonyl (C=O) groups excluding carboxylic acids is 1. The number of carboxylic acid groups (broad SMARTS) is 2. The van der Waals surface area contributed by atoms with E-state index in [2.05, 4.69) is 0 Å². The Bertz CT molecular complexity index is 734. The van der Waals surface area contributed by atoms with E-state index in [9.17, 15) is 14.4 Å². The Labute approximate surface area is 119 Å². The van der Waals surface area contributed by atoms with E-state index in [1.807, 2.05) is 0 Å². The van der Waals surface area contributed by atoms with Gasteiger partial charge in [-0.1, -0.05) is 18.2 Å². The van der Waals surface area contributed by atoms with Crippen LogP contribution < -0.4 is 5.73 Å². The molecule has 0 amide bonds. The van der Waals surface area contributed by atoms with Crippen molar-refractivity contribution < 1.29 is 24.6 Å². The molecule has 21 heavy (non-hydrogen) atoms. The Morgan fingerprint density at radius 1 is 0.762 bits per heavy atom. The van der Waals surface area contributed by atoms with Crippen molar-refractivity contribution in [2.75, 3.05) is 5.73 Å². The molecule has 2 aromatic rings. The van der Waals surface area contributed by atoms with E-state index < -0.39 is 17.7 Å². The molecule has 0 spiro atoms. The lowest BCUT2D eigenvalue weighted by molar-refractivity contribution is 0.0686. The van der Waals surface area contributed by atoms with Gasteiger partial charge in [-0.05, 0) is 24.3 Å². The summed E-state index contributed by atoms with van der Waals surface area (Å²) in [6.45, 7) is 0. The van der Waals surface area contributed by atoms with Gasteiger partial charge < -0.3 is 15.9 Å². The van der Waals surface area contributed by atoms with Crippen molar-refractivity contribution in [1.29, 1.82) is 0 Å². The molecule has 4 N–H and O–H groups in total. The molecule has 0 saturated carbocycles. The average Bonchev–Trinajstić information content (AvgIpc) is 2.46. The predicted octanol–water partition coefficient (Wildman–Crippen LogP) is 1.90. The molecule has 0 atom stereocenters. The minimum absolute atomic E-state index is 0.0545. The third-order valence-corrected chi connectivity index (χ3v) is 2.98. The van der Waals surface area contributed by atoms with Gasteiger partial charge in [0.1, 0.15) is 0 Å². The molecule has 0 fully saturated rings. The van der Waals surface area contributed by atoms with Gasteiger partial charge >= 0.3 is 11.9 Å². The Hall–Kier alpha value is -3.15. The summed E-state index contributed by atoms with van der Waals surface area (Å²) in [6, 6.07) is 9.48. The molecule has 0 saturated heterocycles. The highest BCUT2D eigenvalue weighted by Gasteiger charge is 2.17. The molecule has 0 bridgehead atoms. The predicted molar refractivity (Wildman–Crippen MR) is 74.6 cm³/mol. The molecule has 0 radical (unpaired) electrons. The van der Waals surface area contributed by atoms with Crippen molar-refractivity contribution in [3.8, 4) is 0 Å². The summed E-state index contributed by atoms with van der Waals surface area (Å²) in [6.07, 6.45) is 0. The molecule has 0 aliphatic heterocycles. The molecule has 0 aromatic heterocycles. The van der Waals surface area contributed by atoms with Crippen LogP contribution in [0.4, 0.5) is 5.69 Å². The van der Waals surface area contributed by atoms with Crippen molar-refractivity contribution in [2.45, 2.75) is 0 Å². The number of rotatable bonds is 4. The Morgan fingerprint density at radius 3 is 1.81 bits per heavy atom. The lowest BCUT2D eigenvalue weighted by Crippen LogP contribution is -2.10. The second kappa shape index (κ2) is 5.46. The van der Waals surface area contributed by atoms with Crippen LogP contribution in [0.15, 0.2) is 42.5 Å². The van der Waals surface area contributed by atoms with Gasteiger partial charge in [-0.25, -0.2) is 9.59 Å². The number of aromatic carboxylic acids is 2. The summed E-state index contributed by atoms with van der Waals surface area (Å²) in [5, 5.41) is 17.8. The third-order valence-electron chi connectivity index (χ3n) is 2.98. The van der Waals surface area contributed by atoms with Crippen molar-refractivity contribution >= 4 is 23.4 Å². The van der Waals surface area contributed by atoms with Crippen LogP contribution in [0, 0.1) is 0 Å². The summed E-state index contributed by atoms with van der Waals surface area (Å²) in [5.74, 6) is -2.78. The number of nitrogens with two attached hydrogens (primary N) is 1. The van der Waals surface area contributed by atoms with E-state index in [1.54, 1.807) is 0 Å². The van der Waals surface area contributed by atoms with Crippen molar-refractivity contribution in [3.63, 3.8) is 0 Å². The van der Waals surface area contributed by atoms with Crippen LogP contribution in [0.1, 0.15) is 36.6 Å². The second-order valence-corrected chi connectivity index (χ2v) is 4.28. The molecule has 0 unspecified atom stereocenters.